The Morgan fingerprint density at radius 1 is 1.30 bits per heavy atom. The number of nitrogens with one attached hydrogen (secondary N) is 1. The van der Waals surface area contributed by atoms with Crippen LogP contribution in [0.15, 0.2) is 0 Å². The first-order valence-electron chi connectivity index (χ1n) is 2.98. The summed E-state index contributed by atoms with van der Waals surface area (Å²) < 4.78 is 0. The lowest BCUT2D eigenvalue weighted by Crippen LogP contribution is -2.32. The van der Waals surface area contributed by atoms with E-state index in [1.807, 2.05) is 0 Å². The fourth-order valence-corrected chi connectivity index (χ4v) is 0.540. The van der Waals surface area contributed by atoms with E-state index in [0.717, 1.165) is 0 Å². The Morgan fingerprint density at radius 2 is 1.80 bits per heavy atom. The molecular formula is C5H12ClNO3. The summed E-state index contributed by atoms with van der Waals surface area (Å²) in [5.74, 6) is -0.256. The van der Waals surface area contributed by atoms with E-state index in [9.17, 15) is 0 Å². The average molecular weight is 170 g/mol. The van der Waals surface area contributed by atoms with E-state index in [1.54, 1.807) is 0 Å². The van der Waals surface area contributed by atoms with Gasteiger partial charge in [0.2, 0.25) is 0 Å². The first kappa shape index (κ1) is 10.1. The van der Waals surface area contributed by atoms with Gasteiger partial charge in [-0.15, -0.1) is 0 Å². The molecule has 0 aromatic carbocycles. The van der Waals surface area contributed by atoms with Crippen LogP contribution < -0.4 is 5.32 Å². The maximum Gasteiger partial charge on any atom is 0.182 e. The predicted molar refractivity (Wildman–Crippen MR) is 37.5 cm³/mol. The van der Waals surface area contributed by atoms with Gasteiger partial charge in [0.15, 0.2) is 5.69 Å². The maximum atomic E-state index is 8.51. The predicted octanol–water partition coefficient (Wildman–Crippen LogP) is -1.31. The number of aliphatic hydroxyl groups is 3. The number of alkyl halides is 1. The summed E-state index contributed by atoms with van der Waals surface area (Å²) in [5, 5.41) is 28.0. The van der Waals surface area contributed by atoms with Crippen LogP contribution in [0.4, 0.5) is 0 Å². The average Bonchev–Trinajstić information content (AvgIpc) is 1.90. The maximum absolute atomic E-state index is 8.51. The highest BCUT2D eigenvalue weighted by Crippen LogP contribution is 1.92. The molecule has 0 aliphatic carbocycles. The third kappa shape index (κ3) is 4.96. The minimum absolute atomic E-state index is 0.118. The van der Waals surface area contributed by atoms with Crippen LogP contribution in [-0.2, 0) is 0 Å². The number of rotatable bonds is 5. The lowest BCUT2D eigenvalue weighted by atomic mass is 10.2. The van der Waals surface area contributed by atoms with Gasteiger partial charge in [0.1, 0.15) is 0 Å². The van der Waals surface area contributed by atoms with Crippen molar-refractivity contribution in [1.29, 1.82) is 0 Å². The van der Waals surface area contributed by atoms with Crippen LogP contribution in [0.2, 0.25) is 0 Å². The van der Waals surface area contributed by atoms with Gasteiger partial charge >= 0.3 is 0 Å². The molecule has 1 atom stereocenters. The molecule has 1 unspecified atom stereocenters. The van der Waals surface area contributed by atoms with Crippen LogP contribution in [0.5, 0.6) is 0 Å². The second kappa shape index (κ2) is 5.88. The molecule has 62 valence electrons. The highest BCUT2D eigenvalue weighted by Gasteiger charge is 2.06. The first-order chi connectivity index (χ1) is 4.70. The highest BCUT2D eigenvalue weighted by molar-refractivity contribution is 6.19. The monoisotopic (exact) mass is 169 g/mol. The molecule has 0 bridgehead atoms. The van der Waals surface area contributed by atoms with Crippen molar-refractivity contribution in [2.24, 2.45) is 5.92 Å². The SMILES string of the molecule is OCC(CO)CNC(O)Cl. The molecule has 0 saturated carbocycles. The second-order valence-electron chi connectivity index (χ2n) is 1.98. The smallest absolute Gasteiger partial charge is 0.182 e. The van der Waals surface area contributed by atoms with Crippen LogP contribution in [0.25, 0.3) is 0 Å². The molecule has 0 radical (unpaired) electrons. The summed E-state index contributed by atoms with van der Waals surface area (Å²) in [7, 11) is 0. The van der Waals surface area contributed by atoms with Gasteiger partial charge in [-0.2, -0.15) is 0 Å². The van der Waals surface area contributed by atoms with Gasteiger partial charge in [-0.05, 0) is 0 Å². The Balaban J connectivity index is 3.26. The molecular weight excluding hydrogens is 158 g/mol. The zero-order chi connectivity index (χ0) is 7.98. The van der Waals surface area contributed by atoms with Crippen LogP contribution in [-0.4, -0.2) is 40.8 Å². The third-order valence-electron chi connectivity index (χ3n) is 1.09. The van der Waals surface area contributed by atoms with Crippen molar-refractivity contribution in [2.45, 2.75) is 5.69 Å². The Morgan fingerprint density at radius 3 is 2.10 bits per heavy atom. The van der Waals surface area contributed by atoms with Crippen molar-refractivity contribution in [3.63, 3.8) is 0 Å². The van der Waals surface area contributed by atoms with Gasteiger partial charge < -0.3 is 15.3 Å². The quantitative estimate of drug-likeness (QED) is 0.234. The van der Waals surface area contributed by atoms with Crippen LogP contribution in [0.1, 0.15) is 0 Å². The highest BCUT2D eigenvalue weighted by atomic mass is 35.5. The molecule has 4 nitrogen and oxygen atoms in total. The summed E-state index contributed by atoms with van der Waals surface area (Å²) in [6, 6.07) is 0. The summed E-state index contributed by atoms with van der Waals surface area (Å²) in [6.07, 6.45) is 0. The topological polar surface area (TPSA) is 72.7 Å². The lowest BCUT2D eigenvalue weighted by molar-refractivity contribution is 0.132. The molecule has 0 amide bonds. The van der Waals surface area contributed by atoms with Gasteiger partial charge in [-0.3, -0.25) is 5.32 Å². The molecule has 0 saturated heterocycles. The number of halogens is 1. The molecule has 0 aliphatic rings. The summed E-state index contributed by atoms with van der Waals surface area (Å²) >= 11 is 5.12. The normalized spacial score (nSPS) is 14.1. The number of hydrogen-bond acceptors (Lipinski definition) is 4. The molecule has 10 heavy (non-hydrogen) atoms. The van der Waals surface area contributed by atoms with Crippen molar-refractivity contribution in [3.05, 3.63) is 0 Å². The minimum atomic E-state index is -1.11. The van der Waals surface area contributed by atoms with Crippen LogP contribution in [0.3, 0.4) is 0 Å². The van der Waals surface area contributed by atoms with Gasteiger partial charge in [0, 0.05) is 25.7 Å². The second-order valence-corrected chi connectivity index (χ2v) is 2.39. The van der Waals surface area contributed by atoms with Crippen LogP contribution >= 0.6 is 11.6 Å². The summed E-state index contributed by atoms with van der Waals surface area (Å²) in [5.41, 5.74) is -1.11. The number of aliphatic hydroxyl groups excluding tert-OH is 3. The molecule has 0 fully saturated rings. The fraction of sp³-hybridized carbons (Fsp3) is 1.00. The lowest BCUT2D eigenvalue weighted by Gasteiger charge is -2.11. The fourth-order valence-electron chi connectivity index (χ4n) is 0.451. The zero-order valence-corrected chi connectivity index (χ0v) is 6.25. The molecule has 0 heterocycles. The molecule has 4 N–H and O–H groups in total. The van der Waals surface area contributed by atoms with E-state index in [-0.39, 0.29) is 19.1 Å². The standard InChI is InChI=1S/C5H12ClNO3/c6-5(10)7-1-4(2-8)3-9/h4-5,7-10H,1-3H2. The van der Waals surface area contributed by atoms with Crippen molar-refractivity contribution in [1.82, 2.24) is 5.32 Å². The third-order valence-corrected chi connectivity index (χ3v) is 1.25. The van der Waals surface area contributed by atoms with E-state index in [1.165, 1.54) is 0 Å². The summed E-state index contributed by atoms with van der Waals surface area (Å²) in [4.78, 5) is 0. The van der Waals surface area contributed by atoms with Gasteiger partial charge in [0.25, 0.3) is 0 Å². The number of hydrogen-bond donors (Lipinski definition) is 4. The van der Waals surface area contributed by atoms with E-state index in [2.05, 4.69) is 5.32 Å². The van der Waals surface area contributed by atoms with E-state index < -0.39 is 5.69 Å². The van der Waals surface area contributed by atoms with Gasteiger partial charge in [0.05, 0.1) is 0 Å². The van der Waals surface area contributed by atoms with Crippen molar-refractivity contribution in [2.75, 3.05) is 19.8 Å². The molecule has 0 rings (SSSR count). The molecule has 5 heteroatoms. The first-order valence-corrected chi connectivity index (χ1v) is 3.41. The van der Waals surface area contributed by atoms with Crippen molar-refractivity contribution < 1.29 is 15.3 Å². The summed E-state index contributed by atoms with van der Waals surface area (Å²) in [6.45, 7) is 0.0673. The van der Waals surface area contributed by atoms with E-state index in [0.29, 0.717) is 6.54 Å². The molecule has 0 spiro atoms. The van der Waals surface area contributed by atoms with Crippen LogP contribution in [0, 0.1) is 5.92 Å². The Labute approximate surface area is 64.4 Å². The minimum Gasteiger partial charge on any atom is -0.396 e. The van der Waals surface area contributed by atoms with Gasteiger partial charge in [-0.1, -0.05) is 11.6 Å². The molecule has 0 aromatic rings. The molecule has 0 aromatic heterocycles. The Hall–Kier alpha value is 0.130. The van der Waals surface area contributed by atoms with E-state index in [4.69, 9.17) is 26.9 Å². The largest absolute Gasteiger partial charge is 0.396 e. The zero-order valence-electron chi connectivity index (χ0n) is 5.50. The van der Waals surface area contributed by atoms with Gasteiger partial charge in [-0.25, -0.2) is 0 Å². The Bertz CT molecular complexity index is 77.3. The van der Waals surface area contributed by atoms with E-state index >= 15 is 0 Å². The van der Waals surface area contributed by atoms with Crippen molar-refractivity contribution in [3.8, 4) is 0 Å². The van der Waals surface area contributed by atoms with Crippen molar-refractivity contribution >= 4 is 11.6 Å². The molecule has 0 aliphatic heterocycles. The Kier molecular flexibility index (Phi) is 5.96.